The van der Waals surface area contributed by atoms with E-state index in [1.54, 1.807) is 17.0 Å². The van der Waals surface area contributed by atoms with Crippen LogP contribution in [0.2, 0.25) is 0 Å². The molecule has 9 nitrogen and oxygen atoms in total. The van der Waals surface area contributed by atoms with Crippen molar-refractivity contribution in [1.29, 1.82) is 0 Å². The van der Waals surface area contributed by atoms with Gasteiger partial charge in [0, 0.05) is 38.1 Å². The van der Waals surface area contributed by atoms with Crippen LogP contribution in [0.3, 0.4) is 0 Å². The van der Waals surface area contributed by atoms with Crippen molar-refractivity contribution in [2.24, 2.45) is 5.92 Å². The van der Waals surface area contributed by atoms with Crippen molar-refractivity contribution in [3.05, 3.63) is 29.8 Å². The van der Waals surface area contributed by atoms with Gasteiger partial charge in [0.25, 0.3) is 11.9 Å². The molecule has 2 saturated heterocycles. The summed E-state index contributed by atoms with van der Waals surface area (Å²) in [5.74, 6) is -1.09. The number of carbonyl (C=O) groups is 2. The molecule has 1 saturated carbocycles. The number of anilines is 3. The van der Waals surface area contributed by atoms with Crippen LogP contribution >= 0.6 is 0 Å². The third-order valence-corrected chi connectivity index (χ3v) is 7.36. The second-order valence-corrected chi connectivity index (χ2v) is 9.98. The van der Waals surface area contributed by atoms with Gasteiger partial charge >= 0.3 is 6.18 Å². The molecule has 3 aliphatic rings. The molecular weight excluding hydrogens is 489 g/mol. The first-order valence-corrected chi connectivity index (χ1v) is 12.9. The Morgan fingerprint density at radius 3 is 2.27 bits per heavy atom. The summed E-state index contributed by atoms with van der Waals surface area (Å²) in [7, 11) is 0. The monoisotopic (exact) mass is 520 g/mol. The Balaban J connectivity index is 1.20. The van der Waals surface area contributed by atoms with Gasteiger partial charge in [-0.15, -0.1) is 0 Å². The number of alkyl halides is 3. The zero-order chi connectivity index (χ0) is 26.0. The molecule has 5 rings (SSSR count). The first-order valence-electron chi connectivity index (χ1n) is 12.9. The van der Waals surface area contributed by atoms with E-state index in [1.807, 2.05) is 0 Å². The van der Waals surface area contributed by atoms with Gasteiger partial charge in [-0.3, -0.25) is 9.59 Å². The Labute approximate surface area is 212 Å². The van der Waals surface area contributed by atoms with Crippen molar-refractivity contribution in [2.75, 3.05) is 41.3 Å². The molecule has 3 fully saturated rings. The number of rotatable bonds is 6. The molecule has 2 N–H and O–H groups in total. The molecule has 2 aromatic rings. The summed E-state index contributed by atoms with van der Waals surface area (Å²) < 4.78 is 46.1. The van der Waals surface area contributed by atoms with Crippen LogP contribution in [0.5, 0.6) is 0 Å². The minimum Gasteiger partial charge on any atom is -0.417 e. The lowest BCUT2D eigenvalue weighted by molar-refractivity contribution is -0.141. The zero-order valence-corrected chi connectivity index (χ0v) is 20.5. The van der Waals surface area contributed by atoms with Crippen LogP contribution in [0.15, 0.2) is 22.7 Å². The minimum atomic E-state index is -4.83. The van der Waals surface area contributed by atoms with Gasteiger partial charge in [0.2, 0.25) is 11.7 Å². The molecule has 4 heterocycles. The van der Waals surface area contributed by atoms with Crippen molar-refractivity contribution in [1.82, 2.24) is 15.3 Å². The third-order valence-electron chi connectivity index (χ3n) is 7.36. The Hall–Kier alpha value is -3.31. The quantitative estimate of drug-likeness (QED) is 0.588. The number of amides is 2. The molecule has 0 atom stereocenters. The minimum absolute atomic E-state index is 0.00465. The summed E-state index contributed by atoms with van der Waals surface area (Å²) >= 11 is 0. The number of piperidine rings is 2. The van der Waals surface area contributed by atoms with Gasteiger partial charge in [0.15, 0.2) is 5.69 Å². The van der Waals surface area contributed by atoms with Crippen LogP contribution in [0.4, 0.5) is 30.7 Å². The van der Waals surface area contributed by atoms with Gasteiger partial charge in [0.05, 0.1) is 11.9 Å². The third kappa shape index (κ3) is 5.83. The number of nitrogens with one attached hydrogen (secondary N) is 2. The lowest BCUT2D eigenvalue weighted by Gasteiger charge is -2.34. The van der Waals surface area contributed by atoms with E-state index in [4.69, 9.17) is 4.42 Å². The average molecular weight is 521 g/mol. The fourth-order valence-electron chi connectivity index (χ4n) is 4.95. The summed E-state index contributed by atoms with van der Waals surface area (Å²) in [5.41, 5.74) is -1.09. The number of pyridine rings is 1. The van der Waals surface area contributed by atoms with Gasteiger partial charge in [-0.1, -0.05) is 0 Å². The van der Waals surface area contributed by atoms with Crippen molar-refractivity contribution in [2.45, 2.75) is 63.6 Å². The Morgan fingerprint density at radius 1 is 0.946 bits per heavy atom. The van der Waals surface area contributed by atoms with E-state index in [1.165, 1.54) is 12.6 Å². The normalized spacial score (nSPS) is 19.4. The molecule has 2 aliphatic heterocycles. The lowest BCUT2D eigenvalue weighted by atomic mass is 9.90. The van der Waals surface area contributed by atoms with E-state index >= 15 is 0 Å². The summed E-state index contributed by atoms with van der Waals surface area (Å²) in [6.45, 7) is 2.42. The molecular formula is C25H31F3N6O3. The van der Waals surface area contributed by atoms with Crippen LogP contribution < -0.4 is 20.4 Å². The largest absolute Gasteiger partial charge is 0.437 e. The van der Waals surface area contributed by atoms with Crippen LogP contribution in [0.1, 0.15) is 67.6 Å². The highest BCUT2D eigenvalue weighted by Crippen LogP contribution is 2.35. The fraction of sp³-hybridized carbons (Fsp3) is 0.600. The van der Waals surface area contributed by atoms with Gasteiger partial charge in [0.1, 0.15) is 5.82 Å². The summed E-state index contributed by atoms with van der Waals surface area (Å²) in [4.78, 5) is 36.8. The maximum Gasteiger partial charge on any atom is 0.437 e. The number of carbonyl (C=O) groups excluding carboxylic acids is 2. The molecule has 200 valence electrons. The SMILES string of the molecule is O=C(Nc1ccc(N2CCC(C(=O)NC3CCC3)CC2)nc1)c1oc(N2CCCCC2)nc1C(F)(F)F. The topological polar surface area (TPSA) is 104 Å². The Morgan fingerprint density at radius 2 is 1.68 bits per heavy atom. The molecule has 0 unspecified atom stereocenters. The molecule has 0 radical (unpaired) electrons. The molecule has 37 heavy (non-hydrogen) atoms. The summed E-state index contributed by atoms with van der Waals surface area (Å²) in [6, 6.07) is 3.44. The van der Waals surface area contributed by atoms with Gasteiger partial charge in [-0.25, -0.2) is 4.98 Å². The average Bonchev–Trinajstić information content (AvgIpc) is 3.34. The first kappa shape index (κ1) is 25.3. The van der Waals surface area contributed by atoms with E-state index in [0.717, 1.165) is 44.9 Å². The number of hydrogen-bond donors (Lipinski definition) is 2. The molecule has 0 spiro atoms. The highest BCUT2D eigenvalue weighted by molar-refractivity contribution is 6.03. The number of halogens is 3. The first-order chi connectivity index (χ1) is 17.8. The van der Waals surface area contributed by atoms with E-state index in [9.17, 15) is 22.8 Å². The van der Waals surface area contributed by atoms with Crippen LogP contribution in [0, 0.1) is 5.92 Å². The molecule has 2 amide bonds. The zero-order valence-electron chi connectivity index (χ0n) is 20.5. The maximum absolute atomic E-state index is 13.6. The Bertz CT molecular complexity index is 1100. The van der Waals surface area contributed by atoms with Crippen molar-refractivity contribution in [3.63, 3.8) is 0 Å². The fourth-order valence-corrected chi connectivity index (χ4v) is 4.95. The van der Waals surface area contributed by atoms with E-state index in [0.29, 0.717) is 38.0 Å². The second kappa shape index (κ2) is 10.6. The highest BCUT2D eigenvalue weighted by atomic mass is 19.4. The number of aromatic nitrogens is 2. The highest BCUT2D eigenvalue weighted by Gasteiger charge is 2.42. The van der Waals surface area contributed by atoms with Crippen molar-refractivity contribution >= 4 is 29.3 Å². The molecule has 1 aliphatic carbocycles. The predicted molar refractivity (Wildman–Crippen MR) is 130 cm³/mol. The molecule has 0 bridgehead atoms. The summed E-state index contributed by atoms with van der Waals surface area (Å²) in [6.07, 6.45) is 3.97. The predicted octanol–water partition coefficient (Wildman–Crippen LogP) is 4.22. The summed E-state index contributed by atoms with van der Waals surface area (Å²) in [5, 5.41) is 5.56. The van der Waals surface area contributed by atoms with E-state index < -0.39 is 23.5 Å². The number of nitrogens with zero attached hydrogens (tertiary/aromatic N) is 4. The van der Waals surface area contributed by atoms with Crippen molar-refractivity contribution < 1.29 is 27.2 Å². The van der Waals surface area contributed by atoms with Crippen LogP contribution in [0.25, 0.3) is 0 Å². The smallest absolute Gasteiger partial charge is 0.417 e. The van der Waals surface area contributed by atoms with Crippen molar-refractivity contribution in [3.8, 4) is 0 Å². The standard InChI is InChI=1S/C25H31F3N6O3/c26-25(27,28)21-20(37-24(32-21)34-11-2-1-3-12-34)23(36)31-18-7-8-19(29-15-18)33-13-9-16(10-14-33)22(35)30-17-5-4-6-17/h7-8,15-17H,1-6,9-14H2,(H,30,35)(H,31,36). The second-order valence-electron chi connectivity index (χ2n) is 9.98. The lowest BCUT2D eigenvalue weighted by Crippen LogP contribution is -2.46. The van der Waals surface area contributed by atoms with Crippen LogP contribution in [-0.4, -0.2) is 54.0 Å². The van der Waals surface area contributed by atoms with Gasteiger partial charge in [-0.05, 0) is 63.5 Å². The number of hydrogen-bond acceptors (Lipinski definition) is 7. The number of oxazole rings is 1. The molecule has 2 aromatic heterocycles. The molecule has 12 heteroatoms. The molecule has 0 aromatic carbocycles. The van der Waals surface area contributed by atoms with Gasteiger partial charge in [-0.2, -0.15) is 18.2 Å². The van der Waals surface area contributed by atoms with Gasteiger partial charge < -0.3 is 24.9 Å². The van der Waals surface area contributed by atoms with Crippen LogP contribution in [-0.2, 0) is 11.0 Å². The Kier molecular flexibility index (Phi) is 7.25. The maximum atomic E-state index is 13.6. The van der Waals surface area contributed by atoms with E-state index in [2.05, 4.69) is 25.5 Å². The van der Waals surface area contributed by atoms with E-state index in [-0.39, 0.29) is 23.5 Å².